The summed E-state index contributed by atoms with van der Waals surface area (Å²) in [6.07, 6.45) is 5.28. The zero-order valence-corrected chi connectivity index (χ0v) is 11.8. The summed E-state index contributed by atoms with van der Waals surface area (Å²) >= 11 is 0. The van der Waals surface area contributed by atoms with Crippen molar-refractivity contribution < 1.29 is 0 Å². The van der Waals surface area contributed by atoms with Gasteiger partial charge in [0.1, 0.15) is 5.82 Å². The third kappa shape index (κ3) is 3.02. The lowest BCUT2D eigenvalue weighted by Gasteiger charge is -2.35. The Bertz CT molecular complexity index is 403. The van der Waals surface area contributed by atoms with Crippen molar-refractivity contribution in [3.05, 3.63) is 23.4 Å². The van der Waals surface area contributed by atoms with Crippen LogP contribution < -0.4 is 10.6 Å². The molecule has 100 valence electrons. The molecule has 18 heavy (non-hydrogen) atoms. The zero-order chi connectivity index (χ0) is 13.1. The number of nitrogens with zero attached hydrogens (tertiary/aromatic N) is 2. The first-order chi connectivity index (χ1) is 8.60. The van der Waals surface area contributed by atoms with Gasteiger partial charge >= 0.3 is 0 Å². The van der Waals surface area contributed by atoms with Gasteiger partial charge in [-0.1, -0.05) is 19.8 Å². The van der Waals surface area contributed by atoms with E-state index in [1.54, 1.807) is 0 Å². The number of anilines is 1. The van der Waals surface area contributed by atoms with Gasteiger partial charge in [0.15, 0.2) is 0 Å². The van der Waals surface area contributed by atoms with Crippen molar-refractivity contribution in [2.45, 2.75) is 52.1 Å². The Kier molecular flexibility index (Phi) is 4.23. The molecule has 1 aromatic heterocycles. The lowest BCUT2D eigenvalue weighted by atomic mass is 9.86. The molecule has 3 heteroatoms. The van der Waals surface area contributed by atoms with Gasteiger partial charge in [0.2, 0.25) is 0 Å². The summed E-state index contributed by atoms with van der Waals surface area (Å²) in [7, 11) is 2.17. The van der Waals surface area contributed by atoms with E-state index in [1.807, 2.05) is 6.92 Å². The molecule has 1 saturated carbocycles. The van der Waals surface area contributed by atoms with Crippen molar-refractivity contribution in [2.24, 2.45) is 11.7 Å². The molecule has 2 unspecified atom stereocenters. The average molecular weight is 247 g/mol. The van der Waals surface area contributed by atoms with Crippen molar-refractivity contribution in [1.29, 1.82) is 0 Å². The standard InChI is InChI=1S/C15H25N3/c1-11-5-4-6-14(7-11)18(3)15-9-13(10-16)8-12(2)17-15/h8-9,11,14H,4-7,10,16H2,1-3H3. The van der Waals surface area contributed by atoms with Crippen LogP contribution in [0, 0.1) is 12.8 Å². The summed E-state index contributed by atoms with van der Waals surface area (Å²) in [6, 6.07) is 4.83. The van der Waals surface area contributed by atoms with E-state index in [4.69, 9.17) is 5.73 Å². The van der Waals surface area contributed by atoms with Crippen LogP contribution in [0.2, 0.25) is 0 Å². The molecule has 0 radical (unpaired) electrons. The maximum atomic E-state index is 5.74. The summed E-state index contributed by atoms with van der Waals surface area (Å²) in [5.41, 5.74) is 7.98. The smallest absolute Gasteiger partial charge is 0.129 e. The minimum Gasteiger partial charge on any atom is -0.357 e. The van der Waals surface area contributed by atoms with E-state index >= 15 is 0 Å². The van der Waals surface area contributed by atoms with Crippen molar-refractivity contribution in [3.63, 3.8) is 0 Å². The van der Waals surface area contributed by atoms with E-state index in [9.17, 15) is 0 Å². The van der Waals surface area contributed by atoms with Gasteiger partial charge in [-0.2, -0.15) is 0 Å². The monoisotopic (exact) mass is 247 g/mol. The number of rotatable bonds is 3. The Balaban J connectivity index is 2.16. The highest BCUT2D eigenvalue weighted by Crippen LogP contribution is 2.29. The van der Waals surface area contributed by atoms with Gasteiger partial charge in [0.25, 0.3) is 0 Å². The normalized spacial score (nSPS) is 24.0. The van der Waals surface area contributed by atoms with Crippen LogP contribution in [0.5, 0.6) is 0 Å². The first kappa shape index (κ1) is 13.3. The fourth-order valence-electron chi connectivity index (χ4n) is 2.96. The molecule has 1 aliphatic carbocycles. The highest BCUT2D eigenvalue weighted by Gasteiger charge is 2.23. The molecule has 2 atom stereocenters. The Morgan fingerprint density at radius 2 is 2.17 bits per heavy atom. The molecule has 1 heterocycles. The number of pyridine rings is 1. The van der Waals surface area contributed by atoms with Crippen molar-refractivity contribution in [1.82, 2.24) is 4.98 Å². The van der Waals surface area contributed by atoms with Crippen LogP contribution in [-0.4, -0.2) is 18.1 Å². The summed E-state index contributed by atoms with van der Waals surface area (Å²) in [4.78, 5) is 7.00. The van der Waals surface area contributed by atoms with Crippen LogP contribution in [0.4, 0.5) is 5.82 Å². The maximum absolute atomic E-state index is 5.74. The van der Waals surface area contributed by atoms with Crippen LogP contribution in [0.1, 0.15) is 43.9 Å². The topological polar surface area (TPSA) is 42.1 Å². The zero-order valence-electron chi connectivity index (χ0n) is 11.8. The third-order valence-electron chi connectivity index (χ3n) is 4.05. The van der Waals surface area contributed by atoms with Crippen LogP contribution in [0.3, 0.4) is 0 Å². The molecule has 1 fully saturated rings. The second kappa shape index (κ2) is 5.70. The van der Waals surface area contributed by atoms with Crippen molar-refractivity contribution >= 4 is 5.82 Å². The molecule has 0 aromatic carbocycles. The van der Waals surface area contributed by atoms with E-state index in [0.29, 0.717) is 12.6 Å². The summed E-state index contributed by atoms with van der Waals surface area (Å²) < 4.78 is 0. The van der Waals surface area contributed by atoms with Gasteiger partial charge in [0.05, 0.1) is 0 Å². The molecule has 1 aliphatic rings. The van der Waals surface area contributed by atoms with E-state index in [-0.39, 0.29) is 0 Å². The second-order valence-electron chi connectivity index (χ2n) is 5.72. The van der Waals surface area contributed by atoms with Crippen LogP contribution in [0.25, 0.3) is 0 Å². The Morgan fingerprint density at radius 3 is 2.83 bits per heavy atom. The minimum atomic E-state index is 0.589. The van der Waals surface area contributed by atoms with E-state index in [2.05, 4.69) is 36.0 Å². The molecular weight excluding hydrogens is 222 g/mol. The van der Waals surface area contributed by atoms with E-state index < -0.39 is 0 Å². The molecule has 3 nitrogen and oxygen atoms in total. The highest BCUT2D eigenvalue weighted by molar-refractivity contribution is 5.43. The molecule has 0 bridgehead atoms. The van der Waals surface area contributed by atoms with Crippen LogP contribution >= 0.6 is 0 Å². The largest absolute Gasteiger partial charge is 0.357 e. The number of aryl methyl sites for hydroxylation is 1. The summed E-state index contributed by atoms with van der Waals surface area (Å²) in [5.74, 6) is 1.92. The summed E-state index contributed by atoms with van der Waals surface area (Å²) in [5, 5.41) is 0. The fourth-order valence-corrected chi connectivity index (χ4v) is 2.96. The van der Waals surface area contributed by atoms with Gasteiger partial charge in [-0.3, -0.25) is 0 Å². The Morgan fingerprint density at radius 1 is 1.39 bits per heavy atom. The molecule has 1 aromatic rings. The number of nitrogens with two attached hydrogens (primary N) is 1. The van der Waals surface area contributed by atoms with Gasteiger partial charge in [-0.15, -0.1) is 0 Å². The SMILES string of the molecule is Cc1cc(CN)cc(N(C)C2CCCC(C)C2)n1. The minimum absolute atomic E-state index is 0.589. The predicted molar refractivity (Wildman–Crippen MR) is 76.7 cm³/mol. The van der Waals surface area contributed by atoms with Gasteiger partial charge in [-0.25, -0.2) is 4.98 Å². The molecule has 0 amide bonds. The lowest BCUT2D eigenvalue weighted by Crippen LogP contribution is -2.36. The molecule has 2 rings (SSSR count). The lowest BCUT2D eigenvalue weighted by molar-refractivity contribution is 0.335. The summed E-state index contributed by atoms with van der Waals surface area (Å²) in [6.45, 7) is 4.99. The van der Waals surface area contributed by atoms with Gasteiger partial charge in [0, 0.05) is 25.3 Å². The fraction of sp³-hybridized carbons (Fsp3) is 0.667. The van der Waals surface area contributed by atoms with E-state index in [1.165, 1.54) is 31.2 Å². The first-order valence-electron chi connectivity index (χ1n) is 7.00. The van der Waals surface area contributed by atoms with Crippen molar-refractivity contribution in [3.8, 4) is 0 Å². The van der Waals surface area contributed by atoms with Gasteiger partial charge in [-0.05, 0) is 43.4 Å². The van der Waals surface area contributed by atoms with Gasteiger partial charge < -0.3 is 10.6 Å². The molecular formula is C15H25N3. The quantitative estimate of drug-likeness (QED) is 0.893. The first-order valence-corrected chi connectivity index (χ1v) is 7.00. The van der Waals surface area contributed by atoms with E-state index in [0.717, 1.165) is 17.4 Å². The molecule has 0 spiro atoms. The average Bonchev–Trinajstić information content (AvgIpc) is 2.37. The second-order valence-corrected chi connectivity index (χ2v) is 5.72. The third-order valence-corrected chi connectivity index (χ3v) is 4.05. The Hall–Kier alpha value is -1.09. The van der Waals surface area contributed by atoms with Crippen molar-refractivity contribution in [2.75, 3.05) is 11.9 Å². The Labute approximate surface area is 110 Å². The highest BCUT2D eigenvalue weighted by atomic mass is 15.2. The molecule has 2 N–H and O–H groups in total. The van der Waals surface area contributed by atoms with Crippen LogP contribution in [-0.2, 0) is 6.54 Å². The molecule has 0 saturated heterocycles. The molecule has 0 aliphatic heterocycles. The number of hydrogen-bond donors (Lipinski definition) is 1. The number of aromatic nitrogens is 1. The predicted octanol–water partition coefficient (Wildman–Crippen LogP) is 2.86. The van der Waals surface area contributed by atoms with Crippen LogP contribution in [0.15, 0.2) is 12.1 Å². The number of hydrogen-bond acceptors (Lipinski definition) is 3. The maximum Gasteiger partial charge on any atom is 0.129 e.